The summed E-state index contributed by atoms with van der Waals surface area (Å²) in [5.74, 6) is 0.453. The van der Waals surface area contributed by atoms with Crippen molar-refractivity contribution in [2.75, 3.05) is 33.9 Å². The molecule has 7 nitrogen and oxygen atoms in total. The van der Waals surface area contributed by atoms with Crippen LogP contribution in [0.2, 0.25) is 0 Å². The Kier molecular flexibility index (Phi) is 8.88. The van der Waals surface area contributed by atoms with Crippen LogP contribution in [-0.4, -0.2) is 48.2 Å². The van der Waals surface area contributed by atoms with Gasteiger partial charge in [-0.05, 0) is 37.0 Å². The number of ether oxygens (including phenoxy) is 2. The molecule has 0 spiro atoms. The minimum Gasteiger partial charge on any atom is -0.495 e. The van der Waals surface area contributed by atoms with Gasteiger partial charge < -0.3 is 14.8 Å². The first kappa shape index (κ1) is 21.4. The van der Waals surface area contributed by atoms with Gasteiger partial charge in [0.05, 0.1) is 13.7 Å². The number of rotatable bonds is 11. The zero-order valence-electron chi connectivity index (χ0n) is 15.3. The summed E-state index contributed by atoms with van der Waals surface area (Å²) in [5, 5.41) is 2.81. The van der Waals surface area contributed by atoms with E-state index >= 15 is 0 Å². The van der Waals surface area contributed by atoms with Crippen molar-refractivity contribution < 1.29 is 22.7 Å². The van der Waals surface area contributed by atoms with Gasteiger partial charge in [-0.1, -0.05) is 13.8 Å². The molecule has 0 bridgehead atoms. The topological polar surface area (TPSA) is 93.7 Å². The highest BCUT2D eigenvalue weighted by Crippen LogP contribution is 2.24. The van der Waals surface area contributed by atoms with E-state index in [1.165, 1.54) is 26.4 Å². The lowest BCUT2D eigenvalue weighted by Gasteiger charge is -2.12. The molecule has 1 rings (SSSR count). The number of nitrogens with one attached hydrogen (secondary N) is 2. The van der Waals surface area contributed by atoms with Crippen LogP contribution in [0.3, 0.4) is 0 Å². The van der Waals surface area contributed by atoms with Crippen molar-refractivity contribution in [3.05, 3.63) is 23.8 Å². The zero-order valence-corrected chi connectivity index (χ0v) is 16.1. The maximum atomic E-state index is 12.4. The highest BCUT2D eigenvalue weighted by atomic mass is 32.2. The molecule has 0 fully saturated rings. The summed E-state index contributed by atoms with van der Waals surface area (Å²) >= 11 is 0. The van der Waals surface area contributed by atoms with Crippen molar-refractivity contribution >= 4 is 15.9 Å². The first-order chi connectivity index (χ1) is 11.8. The first-order valence-corrected chi connectivity index (χ1v) is 9.75. The minimum absolute atomic E-state index is 0.0686. The van der Waals surface area contributed by atoms with Crippen LogP contribution in [0.15, 0.2) is 23.1 Å². The average molecular weight is 372 g/mol. The maximum absolute atomic E-state index is 12.4. The fourth-order valence-corrected chi connectivity index (χ4v) is 3.40. The van der Waals surface area contributed by atoms with E-state index in [4.69, 9.17) is 9.47 Å². The van der Waals surface area contributed by atoms with E-state index in [0.29, 0.717) is 12.5 Å². The summed E-state index contributed by atoms with van der Waals surface area (Å²) in [5.41, 5.74) is 0.275. The number of hydrogen-bond donors (Lipinski definition) is 2. The van der Waals surface area contributed by atoms with Crippen LogP contribution in [0.4, 0.5) is 0 Å². The third kappa shape index (κ3) is 7.01. The van der Waals surface area contributed by atoms with E-state index in [-0.39, 0.29) is 35.3 Å². The Balaban J connectivity index is 2.88. The largest absolute Gasteiger partial charge is 0.495 e. The van der Waals surface area contributed by atoms with Crippen LogP contribution in [0.25, 0.3) is 0 Å². The summed E-state index contributed by atoms with van der Waals surface area (Å²) in [6.45, 7) is 5.18. The fourth-order valence-electron chi connectivity index (χ4n) is 2.20. The number of benzene rings is 1. The van der Waals surface area contributed by atoms with Gasteiger partial charge in [0.25, 0.3) is 5.91 Å². The Bertz CT molecular complexity index is 659. The quantitative estimate of drug-likeness (QED) is 0.578. The average Bonchev–Trinajstić information content (AvgIpc) is 2.57. The molecule has 0 heterocycles. The van der Waals surface area contributed by atoms with Gasteiger partial charge in [0.15, 0.2) is 0 Å². The molecule has 1 aromatic rings. The van der Waals surface area contributed by atoms with Gasteiger partial charge >= 0.3 is 0 Å². The Labute approximate surface area is 150 Å². The molecule has 0 aliphatic heterocycles. The highest BCUT2D eigenvalue weighted by Gasteiger charge is 2.21. The van der Waals surface area contributed by atoms with E-state index in [1.807, 2.05) is 0 Å². The van der Waals surface area contributed by atoms with Crippen LogP contribution in [0.5, 0.6) is 5.75 Å². The predicted octanol–water partition coefficient (Wildman–Crippen LogP) is 1.79. The van der Waals surface area contributed by atoms with Crippen molar-refractivity contribution in [3.63, 3.8) is 0 Å². The fraction of sp³-hybridized carbons (Fsp3) is 0.588. The minimum atomic E-state index is -3.80. The Hall–Kier alpha value is -1.64. The molecule has 0 saturated carbocycles. The third-order valence-corrected chi connectivity index (χ3v) is 5.04. The molecule has 0 aromatic heterocycles. The smallest absolute Gasteiger partial charge is 0.251 e. The van der Waals surface area contributed by atoms with Crippen molar-refractivity contribution in [2.45, 2.75) is 31.6 Å². The van der Waals surface area contributed by atoms with Crippen LogP contribution in [0.1, 0.15) is 37.0 Å². The standard InChI is InChI=1S/C17H28N2O5S/c1-13(2)6-5-9-18-17(20)14-7-8-15(24-4)16(12-14)25(21,22)19-10-11-23-3/h7-8,12-13,19H,5-6,9-11H2,1-4H3,(H,18,20). The van der Waals surface area contributed by atoms with E-state index in [0.717, 1.165) is 12.8 Å². The highest BCUT2D eigenvalue weighted by molar-refractivity contribution is 7.89. The van der Waals surface area contributed by atoms with Crippen LogP contribution in [0, 0.1) is 5.92 Å². The molecule has 0 saturated heterocycles. The summed E-state index contributed by atoms with van der Waals surface area (Å²) in [7, 11) is -0.933. The van der Waals surface area contributed by atoms with Gasteiger partial charge in [0.1, 0.15) is 10.6 Å². The van der Waals surface area contributed by atoms with Gasteiger partial charge in [-0.15, -0.1) is 0 Å². The molecule has 142 valence electrons. The van der Waals surface area contributed by atoms with Crippen molar-refractivity contribution in [1.82, 2.24) is 10.0 Å². The van der Waals surface area contributed by atoms with Gasteiger partial charge in [0.2, 0.25) is 10.0 Å². The third-order valence-electron chi connectivity index (χ3n) is 3.56. The molecule has 0 atom stereocenters. The van der Waals surface area contributed by atoms with Crippen molar-refractivity contribution in [3.8, 4) is 5.75 Å². The molecule has 2 N–H and O–H groups in total. The van der Waals surface area contributed by atoms with E-state index in [2.05, 4.69) is 23.9 Å². The monoisotopic (exact) mass is 372 g/mol. The van der Waals surface area contributed by atoms with E-state index in [1.54, 1.807) is 6.07 Å². The normalized spacial score (nSPS) is 11.6. The SMILES string of the molecule is COCCNS(=O)(=O)c1cc(C(=O)NCCCC(C)C)ccc1OC. The predicted molar refractivity (Wildman–Crippen MR) is 96.5 cm³/mol. The van der Waals surface area contributed by atoms with Crippen molar-refractivity contribution in [2.24, 2.45) is 5.92 Å². The lowest BCUT2D eigenvalue weighted by molar-refractivity contribution is 0.0952. The van der Waals surface area contributed by atoms with Crippen LogP contribution >= 0.6 is 0 Å². The van der Waals surface area contributed by atoms with Gasteiger partial charge in [-0.3, -0.25) is 4.79 Å². The Morgan fingerprint density at radius 3 is 2.52 bits per heavy atom. The number of sulfonamides is 1. The molecule has 0 unspecified atom stereocenters. The Morgan fingerprint density at radius 1 is 1.20 bits per heavy atom. The molecular formula is C17H28N2O5S. The maximum Gasteiger partial charge on any atom is 0.251 e. The summed E-state index contributed by atoms with van der Waals surface area (Å²) in [6.07, 6.45) is 1.90. The summed E-state index contributed by atoms with van der Waals surface area (Å²) in [4.78, 5) is 12.2. The van der Waals surface area contributed by atoms with Crippen LogP contribution < -0.4 is 14.8 Å². The van der Waals surface area contributed by atoms with Crippen molar-refractivity contribution in [1.29, 1.82) is 0 Å². The van der Waals surface area contributed by atoms with Gasteiger partial charge in [-0.25, -0.2) is 13.1 Å². The molecule has 25 heavy (non-hydrogen) atoms. The molecule has 0 aliphatic rings. The molecule has 0 radical (unpaired) electrons. The molecular weight excluding hydrogens is 344 g/mol. The van der Waals surface area contributed by atoms with Gasteiger partial charge in [-0.2, -0.15) is 0 Å². The Morgan fingerprint density at radius 2 is 1.92 bits per heavy atom. The first-order valence-electron chi connectivity index (χ1n) is 8.26. The molecule has 1 amide bonds. The second-order valence-electron chi connectivity index (χ2n) is 6.05. The number of hydrogen-bond acceptors (Lipinski definition) is 5. The number of amides is 1. The van der Waals surface area contributed by atoms with Gasteiger partial charge in [0, 0.05) is 25.8 Å². The lowest BCUT2D eigenvalue weighted by Crippen LogP contribution is -2.28. The van der Waals surface area contributed by atoms with Crippen LogP contribution in [-0.2, 0) is 14.8 Å². The number of carbonyl (C=O) groups excluding carboxylic acids is 1. The zero-order chi connectivity index (χ0) is 18.9. The number of carbonyl (C=O) groups is 1. The summed E-state index contributed by atoms with van der Waals surface area (Å²) < 4.78 is 37.2. The molecule has 1 aromatic carbocycles. The van der Waals surface area contributed by atoms with E-state index < -0.39 is 10.0 Å². The summed E-state index contributed by atoms with van der Waals surface area (Å²) in [6, 6.07) is 4.35. The second kappa shape index (κ2) is 10.4. The lowest BCUT2D eigenvalue weighted by atomic mass is 10.1. The second-order valence-corrected chi connectivity index (χ2v) is 7.78. The molecule has 8 heteroatoms. The molecule has 0 aliphatic carbocycles. The van der Waals surface area contributed by atoms with E-state index in [9.17, 15) is 13.2 Å². The number of methoxy groups -OCH3 is 2.